The van der Waals surface area contributed by atoms with Crippen LogP contribution in [0, 0.1) is 0 Å². The molecule has 0 aliphatic rings. The second-order valence-corrected chi connectivity index (χ2v) is 8.29. The number of aromatic nitrogens is 1. The van der Waals surface area contributed by atoms with Crippen molar-refractivity contribution in [3.63, 3.8) is 0 Å². The van der Waals surface area contributed by atoms with Crippen molar-refractivity contribution in [3.8, 4) is 5.75 Å². The first-order valence-electron chi connectivity index (χ1n) is 8.48. The fraction of sp³-hybridized carbons (Fsp3) is 0.0476. The van der Waals surface area contributed by atoms with E-state index in [1.165, 1.54) is 49.6 Å². The van der Waals surface area contributed by atoms with Crippen LogP contribution in [0.2, 0.25) is 5.02 Å². The Balaban J connectivity index is 1.77. The predicted molar refractivity (Wildman–Crippen MR) is 112 cm³/mol. The number of anilines is 1. The van der Waals surface area contributed by atoms with E-state index in [1.54, 1.807) is 30.6 Å². The van der Waals surface area contributed by atoms with Gasteiger partial charge < -0.3 is 10.1 Å². The average molecular weight is 429 g/mol. The van der Waals surface area contributed by atoms with Gasteiger partial charge in [0.25, 0.3) is 0 Å². The Hall–Kier alpha value is -3.16. The minimum atomic E-state index is -3.84. The highest BCUT2D eigenvalue weighted by Crippen LogP contribution is 2.32. The Kier molecular flexibility index (Phi) is 6.31. The Labute approximate surface area is 173 Å². The molecule has 148 valence electrons. The highest BCUT2D eigenvalue weighted by Gasteiger charge is 2.22. The molecule has 0 spiro atoms. The number of methoxy groups -OCH3 is 1. The number of amides is 1. The lowest BCUT2D eigenvalue weighted by Crippen LogP contribution is -2.08. The largest absolute Gasteiger partial charge is 0.495 e. The molecule has 0 radical (unpaired) electrons. The molecule has 0 aliphatic carbocycles. The molecule has 29 heavy (non-hydrogen) atoms. The first-order valence-corrected chi connectivity index (χ1v) is 10.3. The van der Waals surface area contributed by atoms with Crippen molar-refractivity contribution < 1.29 is 17.9 Å². The summed E-state index contributed by atoms with van der Waals surface area (Å²) in [6.45, 7) is 0. The lowest BCUT2D eigenvalue weighted by molar-refractivity contribution is -0.111. The summed E-state index contributed by atoms with van der Waals surface area (Å²) < 4.78 is 31.0. The van der Waals surface area contributed by atoms with Crippen LogP contribution in [0.1, 0.15) is 5.56 Å². The molecular weight excluding hydrogens is 412 g/mol. The molecule has 0 unspecified atom stereocenters. The molecule has 0 aliphatic heterocycles. The van der Waals surface area contributed by atoms with E-state index in [0.29, 0.717) is 5.69 Å². The van der Waals surface area contributed by atoms with Crippen molar-refractivity contribution in [1.82, 2.24) is 4.98 Å². The van der Waals surface area contributed by atoms with Crippen molar-refractivity contribution in [3.05, 3.63) is 83.7 Å². The molecular formula is C21H17ClN2O4S. The van der Waals surface area contributed by atoms with Crippen molar-refractivity contribution in [2.24, 2.45) is 0 Å². The highest BCUT2D eigenvalue weighted by molar-refractivity contribution is 7.91. The van der Waals surface area contributed by atoms with E-state index in [9.17, 15) is 13.2 Å². The molecule has 0 atom stereocenters. The van der Waals surface area contributed by atoms with Gasteiger partial charge in [0.15, 0.2) is 0 Å². The third-order valence-corrected chi connectivity index (χ3v) is 5.98. The second kappa shape index (κ2) is 8.89. The predicted octanol–water partition coefficient (Wildman–Crippen LogP) is 4.23. The van der Waals surface area contributed by atoms with Crippen molar-refractivity contribution in [1.29, 1.82) is 0 Å². The van der Waals surface area contributed by atoms with Gasteiger partial charge in [0.1, 0.15) is 10.6 Å². The zero-order valence-electron chi connectivity index (χ0n) is 15.4. The lowest BCUT2D eigenvalue weighted by Gasteiger charge is -2.11. The van der Waals surface area contributed by atoms with Crippen LogP contribution < -0.4 is 10.1 Å². The van der Waals surface area contributed by atoms with Crippen molar-refractivity contribution in [2.75, 3.05) is 12.4 Å². The van der Waals surface area contributed by atoms with Gasteiger partial charge in [-0.2, -0.15) is 0 Å². The van der Waals surface area contributed by atoms with Gasteiger partial charge in [-0.1, -0.05) is 17.7 Å². The first-order chi connectivity index (χ1) is 13.9. The van der Waals surface area contributed by atoms with Crippen LogP contribution in [-0.2, 0) is 14.6 Å². The number of rotatable bonds is 6. The fourth-order valence-corrected chi connectivity index (χ4v) is 4.22. The van der Waals surface area contributed by atoms with Gasteiger partial charge in [0, 0.05) is 29.2 Å². The number of carbonyl (C=O) groups is 1. The number of nitrogens with one attached hydrogen (secondary N) is 1. The number of halogens is 1. The van der Waals surface area contributed by atoms with E-state index in [2.05, 4.69) is 10.3 Å². The molecule has 1 aromatic heterocycles. The number of pyridine rings is 1. The van der Waals surface area contributed by atoms with E-state index in [1.807, 2.05) is 6.07 Å². The van der Waals surface area contributed by atoms with E-state index >= 15 is 0 Å². The second-order valence-electron chi connectivity index (χ2n) is 5.93. The number of nitrogens with zero attached hydrogens (tertiary/aromatic N) is 1. The third-order valence-electron chi connectivity index (χ3n) is 3.96. The molecule has 3 aromatic rings. The van der Waals surface area contributed by atoms with Crippen LogP contribution >= 0.6 is 11.6 Å². The molecule has 1 N–H and O–H groups in total. The van der Waals surface area contributed by atoms with E-state index in [4.69, 9.17) is 16.3 Å². The van der Waals surface area contributed by atoms with Crippen LogP contribution in [0.5, 0.6) is 5.75 Å². The summed E-state index contributed by atoms with van der Waals surface area (Å²) in [6, 6.07) is 13.8. The number of ether oxygens (including phenoxy) is 1. The van der Waals surface area contributed by atoms with Gasteiger partial charge >= 0.3 is 0 Å². The smallest absolute Gasteiger partial charge is 0.248 e. The molecule has 1 amide bonds. The van der Waals surface area contributed by atoms with Gasteiger partial charge in [-0.15, -0.1) is 0 Å². The molecule has 8 heteroatoms. The molecule has 0 fully saturated rings. The van der Waals surface area contributed by atoms with Crippen LogP contribution in [-0.4, -0.2) is 26.4 Å². The summed E-state index contributed by atoms with van der Waals surface area (Å²) in [5.41, 5.74) is 1.25. The minimum absolute atomic E-state index is 0.0244. The standard InChI is InChI=1S/C21H17ClN2O4S/c1-28-19-10-5-16(22)13-20(19)29(26,27)18-8-6-17(7-9-18)24-21(25)11-4-15-3-2-12-23-14-15/h2-14H,1H3,(H,24,25). The number of carbonyl (C=O) groups excluding carboxylic acids is 1. The normalized spacial score (nSPS) is 11.4. The molecule has 6 nitrogen and oxygen atoms in total. The quantitative estimate of drug-likeness (QED) is 0.594. The Morgan fingerprint density at radius 3 is 2.55 bits per heavy atom. The summed E-state index contributed by atoms with van der Waals surface area (Å²) >= 11 is 5.95. The minimum Gasteiger partial charge on any atom is -0.495 e. The molecule has 1 heterocycles. The van der Waals surface area contributed by atoms with Gasteiger partial charge in [-0.3, -0.25) is 9.78 Å². The van der Waals surface area contributed by atoms with Crippen LogP contribution in [0.25, 0.3) is 6.08 Å². The van der Waals surface area contributed by atoms with E-state index < -0.39 is 9.84 Å². The summed E-state index contributed by atoms with van der Waals surface area (Å²) in [5, 5.41) is 2.96. The van der Waals surface area contributed by atoms with Gasteiger partial charge in [-0.25, -0.2) is 8.42 Å². The van der Waals surface area contributed by atoms with Crippen molar-refractivity contribution >= 4 is 39.1 Å². The maximum Gasteiger partial charge on any atom is 0.248 e. The topological polar surface area (TPSA) is 85.4 Å². The zero-order valence-corrected chi connectivity index (χ0v) is 16.9. The van der Waals surface area contributed by atoms with Gasteiger partial charge in [0.05, 0.1) is 12.0 Å². The molecule has 0 bridgehead atoms. The molecule has 0 saturated heterocycles. The number of sulfone groups is 1. The van der Waals surface area contributed by atoms with E-state index in [-0.39, 0.29) is 26.5 Å². The summed E-state index contributed by atoms with van der Waals surface area (Å²) in [4.78, 5) is 16.0. The maximum atomic E-state index is 12.9. The summed E-state index contributed by atoms with van der Waals surface area (Å²) in [5.74, 6) is -0.145. The van der Waals surface area contributed by atoms with E-state index in [0.717, 1.165) is 5.56 Å². The Morgan fingerprint density at radius 2 is 1.90 bits per heavy atom. The van der Waals surface area contributed by atoms with Crippen LogP contribution in [0.3, 0.4) is 0 Å². The summed E-state index contributed by atoms with van der Waals surface area (Å²) in [7, 11) is -2.45. The highest BCUT2D eigenvalue weighted by atomic mass is 35.5. The Bertz CT molecular complexity index is 1150. The Morgan fingerprint density at radius 1 is 1.14 bits per heavy atom. The van der Waals surface area contributed by atoms with Gasteiger partial charge in [0.2, 0.25) is 15.7 Å². The zero-order chi connectivity index (χ0) is 20.9. The molecule has 3 rings (SSSR count). The number of hydrogen-bond donors (Lipinski definition) is 1. The van der Waals surface area contributed by atoms with Gasteiger partial charge in [-0.05, 0) is 60.2 Å². The number of benzene rings is 2. The van der Waals surface area contributed by atoms with Crippen LogP contribution in [0.15, 0.2) is 82.9 Å². The van der Waals surface area contributed by atoms with Crippen LogP contribution in [0.4, 0.5) is 5.69 Å². The van der Waals surface area contributed by atoms with Crippen molar-refractivity contribution in [2.45, 2.75) is 9.79 Å². The third kappa shape index (κ3) is 5.01. The first kappa shape index (κ1) is 20.6. The number of hydrogen-bond acceptors (Lipinski definition) is 5. The monoisotopic (exact) mass is 428 g/mol. The molecule has 0 saturated carbocycles. The lowest BCUT2D eigenvalue weighted by atomic mass is 10.2. The summed E-state index contributed by atoms with van der Waals surface area (Å²) in [6.07, 6.45) is 6.28. The SMILES string of the molecule is COc1ccc(Cl)cc1S(=O)(=O)c1ccc(NC(=O)C=Cc2cccnc2)cc1. The maximum absolute atomic E-state index is 12.9. The molecule has 2 aromatic carbocycles. The fourth-order valence-electron chi connectivity index (χ4n) is 2.54. The average Bonchev–Trinajstić information content (AvgIpc) is 2.73.